The third-order valence-corrected chi connectivity index (χ3v) is 3.02. The largest absolute Gasteiger partial charge is 0.356 e. The summed E-state index contributed by atoms with van der Waals surface area (Å²) in [6, 6.07) is 0. The zero-order valence-corrected chi connectivity index (χ0v) is 13.8. The Morgan fingerprint density at radius 3 is 2.41 bits per heavy atom. The fourth-order valence-corrected chi connectivity index (χ4v) is 1.74. The first kappa shape index (κ1) is 17.0. The molecular formula is C13H28IN3. The standard InChI is InChI=1S/C13H27N3.HI/c1-11(2)5-4-9-15-13(14-3)16-10-8-12-6-7-12;/h11-12H,4-10H2,1-3H3,(H2,14,15,16);1H. The van der Waals surface area contributed by atoms with E-state index in [9.17, 15) is 0 Å². The number of guanidine groups is 1. The van der Waals surface area contributed by atoms with Crippen LogP contribution >= 0.6 is 24.0 Å². The van der Waals surface area contributed by atoms with Crippen molar-refractivity contribution in [3.63, 3.8) is 0 Å². The van der Waals surface area contributed by atoms with Crippen LogP contribution in [0.3, 0.4) is 0 Å². The van der Waals surface area contributed by atoms with Crippen molar-refractivity contribution >= 4 is 29.9 Å². The van der Waals surface area contributed by atoms with Gasteiger partial charge in [-0.05, 0) is 31.1 Å². The van der Waals surface area contributed by atoms with Crippen LogP contribution in [0.5, 0.6) is 0 Å². The molecule has 0 spiro atoms. The van der Waals surface area contributed by atoms with Crippen molar-refractivity contribution in [1.82, 2.24) is 10.6 Å². The third kappa shape index (κ3) is 9.68. The van der Waals surface area contributed by atoms with Crippen LogP contribution in [0.4, 0.5) is 0 Å². The van der Waals surface area contributed by atoms with Gasteiger partial charge in [-0.25, -0.2) is 0 Å². The molecule has 102 valence electrons. The van der Waals surface area contributed by atoms with Crippen LogP contribution in [0.25, 0.3) is 0 Å². The monoisotopic (exact) mass is 353 g/mol. The second-order valence-electron chi connectivity index (χ2n) is 5.19. The van der Waals surface area contributed by atoms with E-state index in [4.69, 9.17) is 0 Å². The van der Waals surface area contributed by atoms with Crippen LogP contribution < -0.4 is 10.6 Å². The van der Waals surface area contributed by atoms with Gasteiger partial charge in [0.05, 0.1) is 0 Å². The molecule has 0 aliphatic heterocycles. The fourth-order valence-electron chi connectivity index (χ4n) is 1.74. The van der Waals surface area contributed by atoms with E-state index >= 15 is 0 Å². The Morgan fingerprint density at radius 2 is 1.88 bits per heavy atom. The molecule has 0 atom stereocenters. The normalized spacial score (nSPS) is 15.6. The van der Waals surface area contributed by atoms with Gasteiger partial charge in [-0.1, -0.05) is 26.7 Å². The molecule has 1 rings (SSSR count). The highest BCUT2D eigenvalue weighted by Crippen LogP contribution is 2.31. The van der Waals surface area contributed by atoms with Crippen LogP contribution in [-0.4, -0.2) is 26.1 Å². The Hall–Kier alpha value is 0. The molecule has 1 aliphatic rings. The summed E-state index contributed by atoms with van der Waals surface area (Å²) in [5, 5.41) is 6.73. The molecule has 1 aliphatic carbocycles. The van der Waals surface area contributed by atoms with Crippen LogP contribution in [0.2, 0.25) is 0 Å². The van der Waals surface area contributed by atoms with Gasteiger partial charge in [-0.2, -0.15) is 0 Å². The summed E-state index contributed by atoms with van der Waals surface area (Å²) in [5.41, 5.74) is 0. The smallest absolute Gasteiger partial charge is 0.190 e. The predicted molar refractivity (Wildman–Crippen MR) is 86.2 cm³/mol. The molecule has 0 saturated heterocycles. The van der Waals surface area contributed by atoms with Crippen LogP contribution in [0, 0.1) is 11.8 Å². The van der Waals surface area contributed by atoms with Crippen molar-refractivity contribution < 1.29 is 0 Å². The van der Waals surface area contributed by atoms with Gasteiger partial charge in [0, 0.05) is 20.1 Å². The van der Waals surface area contributed by atoms with Gasteiger partial charge < -0.3 is 10.6 Å². The van der Waals surface area contributed by atoms with Crippen molar-refractivity contribution in [2.24, 2.45) is 16.8 Å². The molecular weight excluding hydrogens is 325 g/mol. The minimum absolute atomic E-state index is 0. The highest BCUT2D eigenvalue weighted by atomic mass is 127. The molecule has 3 nitrogen and oxygen atoms in total. The maximum Gasteiger partial charge on any atom is 0.190 e. The zero-order valence-electron chi connectivity index (χ0n) is 11.5. The fraction of sp³-hybridized carbons (Fsp3) is 0.923. The van der Waals surface area contributed by atoms with E-state index < -0.39 is 0 Å². The Kier molecular flexibility index (Phi) is 9.97. The van der Waals surface area contributed by atoms with Crippen LogP contribution in [0.15, 0.2) is 4.99 Å². The van der Waals surface area contributed by atoms with Crippen LogP contribution in [-0.2, 0) is 0 Å². The molecule has 0 aromatic carbocycles. The van der Waals surface area contributed by atoms with Crippen molar-refractivity contribution in [2.45, 2.75) is 46.0 Å². The van der Waals surface area contributed by atoms with Crippen molar-refractivity contribution in [3.05, 3.63) is 0 Å². The molecule has 0 radical (unpaired) electrons. The summed E-state index contributed by atoms with van der Waals surface area (Å²) in [7, 11) is 1.84. The minimum Gasteiger partial charge on any atom is -0.356 e. The van der Waals surface area contributed by atoms with Gasteiger partial charge in [-0.15, -0.1) is 24.0 Å². The number of hydrogen-bond acceptors (Lipinski definition) is 1. The molecule has 0 heterocycles. The van der Waals surface area contributed by atoms with Gasteiger partial charge >= 0.3 is 0 Å². The first-order chi connectivity index (χ1) is 7.72. The number of nitrogens with one attached hydrogen (secondary N) is 2. The highest BCUT2D eigenvalue weighted by Gasteiger charge is 2.20. The van der Waals surface area contributed by atoms with Gasteiger partial charge in [0.15, 0.2) is 5.96 Å². The molecule has 1 fully saturated rings. The van der Waals surface area contributed by atoms with E-state index in [1.807, 2.05) is 7.05 Å². The topological polar surface area (TPSA) is 36.4 Å². The van der Waals surface area contributed by atoms with Gasteiger partial charge in [0.25, 0.3) is 0 Å². The molecule has 4 heteroatoms. The molecule has 2 N–H and O–H groups in total. The van der Waals surface area contributed by atoms with Crippen LogP contribution in [0.1, 0.15) is 46.0 Å². The Morgan fingerprint density at radius 1 is 1.24 bits per heavy atom. The van der Waals surface area contributed by atoms with E-state index in [0.717, 1.165) is 30.9 Å². The lowest BCUT2D eigenvalue weighted by Gasteiger charge is -2.12. The predicted octanol–water partition coefficient (Wildman–Crippen LogP) is 3.01. The minimum atomic E-state index is 0. The molecule has 17 heavy (non-hydrogen) atoms. The quantitative estimate of drug-likeness (QED) is 0.320. The maximum absolute atomic E-state index is 4.22. The zero-order chi connectivity index (χ0) is 11.8. The number of nitrogens with zero attached hydrogens (tertiary/aromatic N) is 1. The lowest BCUT2D eigenvalue weighted by molar-refractivity contribution is 0.548. The Balaban J connectivity index is 0.00000256. The summed E-state index contributed by atoms with van der Waals surface area (Å²) in [5.74, 6) is 2.75. The summed E-state index contributed by atoms with van der Waals surface area (Å²) in [6.45, 7) is 6.63. The number of halogens is 1. The first-order valence-electron chi connectivity index (χ1n) is 6.67. The van der Waals surface area contributed by atoms with Crippen molar-refractivity contribution in [3.8, 4) is 0 Å². The van der Waals surface area contributed by atoms with Crippen molar-refractivity contribution in [2.75, 3.05) is 20.1 Å². The average molecular weight is 353 g/mol. The second kappa shape index (κ2) is 9.97. The lowest BCUT2D eigenvalue weighted by Crippen LogP contribution is -2.38. The number of rotatable bonds is 7. The molecule has 1 saturated carbocycles. The molecule has 0 aromatic heterocycles. The Bertz CT molecular complexity index is 213. The molecule has 0 unspecified atom stereocenters. The first-order valence-corrected chi connectivity index (χ1v) is 6.67. The maximum atomic E-state index is 4.22. The van der Waals surface area contributed by atoms with E-state index in [1.165, 1.54) is 32.1 Å². The summed E-state index contributed by atoms with van der Waals surface area (Å²) in [4.78, 5) is 4.22. The summed E-state index contributed by atoms with van der Waals surface area (Å²) < 4.78 is 0. The van der Waals surface area contributed by atoms with E-state index in [-0.39, 0.29) is 24.0 Å². The van der Waals surface area contributed by atoms with Gasteiger partial charge in [0.2, 0.25) is 0 Å². The molecule has 0 aromatic rings. The van der Waals surface area contributed by atoms with Gasteiger partial charge in [0.1, 0.15) is 0 Å². The summed E-state index contributed by atoms with van der Waals surface area (Å²) in [6.07, 6.45) is 6.67. The Labute approximate surface area is 123 Å². The second-order valence-corrected chi connectivity index (χ2v) is 5.19. The average Bonchev–Trinajstić information content (AvgIpc) is 3.05. The highest BCUT2D eigenvalue weighted by molar-refractivity contribution is 14.0. The van der Waals surface area contributed by atoms with E-state index in [1.54, 1.807) is 0 Å². The van der Waals surface area contributed by atoms with E-state index in [0.29, 0.717) is 0 Å². The third-order valence-electron chi connectivity index (χ3n) is 3.02. The van der Waals surface area contributed by atoms with Crippen molar-refractivity contribution in [1.29, 1.82) is 0 Å². The molecule has 0 bridgehead atoms. The number of aliphatic imine (C=N–C) groups is 1. The molecule has 0 amide bonds. The number of hydrogen-bond donors (Lipinski definition) is 2. The van der Waals surface area contributed by atoms with E-state index in [2.05, 4.69) is 29.5 Å². The SMILES string of the molecule is CN=C(NCCCC(C)C)NCCC1CC1.I. The lowest BCUT2D eigenvalue weighted by atomic mass is 10.1. The van der Waals surface area contributed by atoms with Gasteiger partial charge in [-0.3, -0.25) is 4.99 Å². The summed E-state index contributed by atoms with van der Waals surface area (Å²) >= 11 is 0.